The zero-order chi connectivity index (χ0) is 14.6. The molecule has 4 atom stereocenters. The van der Waals surface area contributed by atoms with Crippen LogP contribution >= 0.6 is 15.9 Å². The van der Waals surface area contributed by atoms with Crippen molar-refractivity contribution in [1.82, 2.24) is 0 Å². The Morgan fingerprint density at radius 2 is 1.42 bits per heavy atom. The Hall–Kier alpha value is -1.15. The summed E-state index contributed by atoms with van der Waals surface area (Å²) < 4.78 is 5.31. The zero-order valence-corrected chi connectivity index (χ0v) is 11.6. The second-order valence-corrected chi connectivity index (χ2v) is 5.47. The number of aliphatic carboxylic acids is 3. The van der Waals surface area contributed by atoms with Gasteiger partial charge in [0.05, 0.1) is 19.4 Å². The van der Waals surface area contributed by atoms with Crippen LogP contribution in [0.25, 0.3) is 0 Å². The largest absolute Gasteiger partial charge is 0.481 e. The van der Waals surface area contributed by atoms with Crippen molar-refractivity contribution in [1.29, 1.82) is 0 Å². The molecule has 0 bridgehead atoms. The highest BCUT2D eigenvalue weighted by Crippen LogP contribution is 2.40. The van der Waals surface area contributed by atoms with Crippen LogP contribution in [0.15, 0.2) is 0 Å². The van der Waals surface area contributed by atoms with Gasteiger partial charge < -0.3 is 20.1 Å². The van der Waals surface area contributed by atoms with E-state index in [-0.39, 0.29) is 25.9 Å². The van der Waals surface area contributed by atoms with Gasteiger partial charge in [0.25, 0.3) is 0 Å². The van der Waals surface area contributed by atoms with Crippen molar-refractivity contribution in [2.75, 3.05) is 6.61 Å². The van der Waals surface area contributed by atoms with Crippen molar-refractivity contribution < 1.29 is 34.4 Å². The molecule has 7 nitrogen and oxygen atoms in total. The van der Waals surface area contributed by atoms with E-state index in [0.717, 1.165) is 0 Å². The minimum atomic E-state index is -1.07. The van der Waals surface area contributed by atoms with Crippen LogP contribution in [-0.2, 0) is 19.1 Å². The quantitative estimate of drug-likeness (QED) is 0.618. The number of hydrogen-bond donors (Lipinski definition) is 3. The molecule has 8 heteroatoms. The van der Waals surface area contributed by atoms with Gasteiger partial charge in [-0.15, -0.1) is 0 Å². The van der Waals surface area contributed by atoms with Crippen LogP contribution < -0.4 is 0 Å². The molecule has 3 N–H and O–H groups in total. The molecule has 108 valence electrons. The molecule has 0 radical (unpaired) electrons. The predicted octanol–water partition coefficient (Wildman–Crippen LogP) is 1.01. The number of ether oxygens (including phenoxy) is 1. The van der Waals surface area contributed by atoms with Crippen molar-refractivity contribution in [2.45, 2.75) is 24.3 Å². The Bertz CT molecular complexity index is 370. The summed E-state index contributed by atoms with van der Waals surface area (Å²) in [5.74, 6) is -4.78. The van der Waals surface area contributed by atoms with Gasteiger partial charge in [-0.25, -0.2) is 0 Å². The monoisotopic (exact) mass is 338 g/mol. The molecular weight excluding hydrogens is 324 g/mol. The maximum absolute atomic E-state index is 10.9. The fraction of sp³-hybridized carbons (Fsp3) is 0.727. The third kappa shape index (κ3) is 4.79. The number of rotatable bonds is 6. The van der Waals surface area contributed by atoms with E-state index in [1.54, 1.807) is 0 Å². The van der Waals surface area contributed by atoms with Gasteiger partial charge in [-0.3, -0.25) is 14.4 Å². The van der Waals surface area contributed by atoms with Gasteiger partial charge in [0.15, 0.2) is 0 Å². The Morgan fingerprint density at radius 1 is 0.947 bits per heavy atom. The number of carboxylic acid groups (broad SMARTS) is 3. The molecule has 1 saturated heterocycles. The van der Waals surface area contributed by atoms with E-state index in [0.29, 0.717) is 0 Å². The lowest BCUT2D eigenvalue weighted by Gasteiger charge is -2.39. The standard InChI is InChI=1S/C11H15BrO7/c12-11-7(3-10(17)18)6(2-9(15)16)5(4-19-11)1-8(13)14/h5-7,11H,1-4H2,(H,13,14)(H,15,16)(H,17,18)/t5-,6+,7-,11?/m0/s1. The summed E-state index contributed by atoms with van der Waals surface area (Å²) in [6.07, 6.45) is -0.751. The summed E-state index contributed by atoms with van der Waals surface area (Å²) in [6, 6.07) is 0. The summed E-state index contributed by atoms with van der Waals surface area (Å²) in [5.41, 5.74) is 0. The predicted molar refractivity (Wildman–Crippen MR) is 65.9 cm³/mol. The third-order valence-electron chi connectivity index (χ3n) is 3.22. The van der Waals surface area contributed by atoms with Gasteiger partial charge in [0.1, 0.15) is 5.01 Å². The van der Waals surface area contributed by atoms with Gasteiger partial charge in [0.2, 0.25) is 0 Å². The number of carboxylic acids is 3. The Morgan fingerprint density at radius 3 is 1.89 bits per heavy atom. The van der Waals surface area contributed by atoms with E-state index in [2.05, 4.69) is 15.9 Å². The van der Waals surface area contributed by atoms with Crippen molar-refractivity contribution in [3.05, 3.63) is 0 Å². The first kappa shape index (κ1) is 15.9. The summed E-state index contributed by atoms with van der Waals surface area (Å²) in [5, 5.41) is 26.0. The van der Waals surface area contributed by atoms with Crippen LogP contribution in [0, 0.1) is 17.8 Å². The highest BCUT2D eigenvalue weighted by molar-refractivity contribution is 9.09. The molecule has 0 aromatic carbocycles. The van der Waals surface area contributed by atoms with Crippen LogP contribution in [0.3, 0.4) is 0 Å². The van der Waals surface area contributed by atoms with Crippen molar-refractivity contribution >= 4 is 33.8 Å². The molecule has 0 aromatic rings. The van der Waals surface area contributed by atoms with Gasteiger partial charge in [0, 0.05) is 12.3 Å². The maximum atomic E-state index is 10.9. The first-order valence-electron chi connectivity index (χ1n) is 5.72. The van der Waals surface area contributed by atoms with Crippen molar-refractivity contribution in [3.8, 4) is 0 Å². The highest BCUT2D eigenvalue weighted by Gasteiger charge is 2.42. The lowest BCUT2D eigenvalue weighted by atomic mass is 9.75. The van der Waals surface area contributed by atoms with E-state index in [1.807, 2.05) is 0 Å². The maximum Gasteiger partial charge on any atom is 0.303 e. The van der Waals surface area contributed by atoms with E-state index in [1.165, 1.54) is 0 Å². The lowest BCUT2D eigenvalue weighted by molar-refractivity contribution is -0.151. The van der Waals surface area contributed by atoms with Gasteiger partial charge >= 0.3 is 17.9 Å². The number of hydrogen-bond acceptors (Lipinski definition) is 4. The zero-order valence-electron chi connectivity index (χ0n) is 9.99. The molecule has 1 fully saturated rings. The fourth-order valence-electron chi connectivity index (χ4n) is 2.41. The lowest BCUT2D eigenvalue weighted by Crippen LogP contribution is -2.42. The number of alkyl halides is 1. The topological polar surface area (TPSA) is 121 Å². The Balaban J connectivity index is 2.89. The summed E-state index contributed by atoms with van der Waals surface area (Å²) in [7, 11) is 0. The SMILES string of the molecule is O=C(O)C[C@H]1COC(Br)[C@@H](CC(=O)O)[C@@H]1CC(=O)O. The first-order valence-corrected chi connectivity index (χ1v) is 6.64. The van der Waals surface area contributed by atoms with Crippen LogP contribution in [-0.4, -0.2) is 44.8 Å². The summed E-state index contributed by atoms with van der Waals surface area (Å²) in [6.45, 7) is 0.107. The van der Waals surface area contributed by atoms with Gasteiger partial charge in [-0.05, 0) is 11.8 Å². The van der Waals surface area contributed by atoms with Crippen molar-refractivity contribution in [3.63, 3.8) is 0 Å². The molecule has 0 saturated carbocycles. The minimum Gasteiger partial charge on any atom is -0.481 e. The first-order chi connectivity index (χ1) is 8.81. The average Bonchev–Trinajstić information content (AvgIpc) is 2.25. The van der Waals surface area contributed by atoms with Crippen LogP contribution in [0.1, 0.15) is 19.3 Å². The molecule has 1 heterocycles. The molecule has 0 amide bonds. The van der Waals surface area contributed by atoms with E-state index >= 15 is 0 Å². The molecule has 0 aliphatic carbocycles. The van der Waals surface area contributed by atoms with Gasteiger partial charge in [-0.1, -0.05) is 15.9 Å². The van der Waals surface area contributed by atoms with E-state index in [4.69, 9.17) is 20.1 Å². The number of halogens is 1. The minimum absolute atomic E-state index is 0.107. The normalized spacial score (nSPS) is 30.8. The average molecular weight is 339 g/mol. The molecule has 1 aliphatic heterocycles. The molecule has 0 aromatic heterocycles. The molecule has 1 rings (SSSR count). The Labute approximate surface area is 117 Å². The smallest absolute Gasteiger partial charge is 0.303 e. The number of carbonyl (C=O) groups is 3. The molecular formula is C11H15BrO7. The Kier molecular flexibility index (Phi) is 5.74. The van der Waals surface area contributed by atoms with E-state index < -0.39 is 40.7 Å². The highest BCUT2D eigenvalue weighted by atomic mass is 79.9. The molecule has 1 unspecified atom stereocenters. The third-order valence-corrected chi connectivity index (χ3v) is 4.16. The van der Waals surface area contributed by atoms with E-state index in [9.17, 15) is 14.4 Å². The van der Waals surface area contributed by atoms with Crippen LogP contribution in [0.2, 0.25) is 0 Å². The second kappa shape index (κ2) is 6.85. The molecule has 0 spiro atoms. The summed E-state index contributed by atoms with van der Waals surface area (Å²) >= 11 is 3.18. The molecule has 1 aliphatic rings. The fourth-order valence-corrected chi connectivity index (χ4v) is 3.14. The second-order valence-electron chi connectivity index (χ2n) is 4.57. The molecule has 19 heavy (non-hydrogen) atoms. The summed E-state index contributed by atoms with van der Waals surface area (Å²) in [4.78, 5) is 32.5. The van der Waals surface area contributed by atoms with Crippen molar-refractivity contribution in [2.24, 2.45) is 17.8 Å². The van der Waals surface area contributed by atoms with Crippen LogP contribution in [0.4, 0.5) is 0 Å². The van der Waals surface area contributed by atoms with Gasteiger partial charge in [-0.2, -0.15) is 0 Å². The van der Waals surface area contributed by atoms with Crippen LogP contribution in [0.5, 0.6) is 0 Å².